The van der Waals surface area contributed by atoms with Gasteiger partial charge in [-0.15, -0.1) is 6.58 Å². The average Bonchev–Trinajstić information content (AvgIpc) is 4.18. The molecule has 2 aromatic carbocycles. The summed E-state index contributed by atoms with van der Waals surface area (Å²) in [5.74, 6) is -6.58. The lowest BCUT2D eigenvalue weighted by molar-refractivity contribution is -0.145. The molecule has 3 heterocycles. The van der Waals surface area contributed by atoms with Crippen molar-refractivity contribution < 1.29 is 53.2 Å². The second kappa shape index (κ2) is 26.1. The van der Waals surface area contributed by atoms with Gasteiger partial charge in [0.1, 0.15) is 54.6 Å². The first-order valence-corrected chi connectivity index (χ1v) is 26.1. The Morgan fingerprint density at radius 1 is 0.773 bits per heavy atom. The molecule has 0 spiro atoms. The summed E-state index contributed by atoms with van der Waals surface area (Å²) < 4.78 is 13.6. The van der Waals surface area contributed by atoms with Crippen LogP contribution < -0.4 is 26.6 Å². The molecule has 0 unspecified atom stereocenters. The summed E-state index contributed by atoms with van der Waals surface area (Å²) in [6.45, 7) is 20.3. The lowest BCUT2D eigenvalue weighted by Gasteiger charge is -2.36. The van der Waals surface area contributed by atoms with Gasteiger partial charge >= 0.3 is 0 Å². The minimum absolute atomic E-state index is 0.0397. The molecule has 2 fully saturated rings. The Hall–Kier alpha value is -6.15. The van der Waals surface area contributed by atoms with Gasteiger partial charge in [-0.1, -0.05) is 96.1 Å². The van der Waals surface area contributed by atoms with Crippen LogP contribution in [0.2, 0.25) is 0 Å². The quantitative estimate of drug-likeness (QED) is 0.0806. The van der Waals surface area contributed by atoms with Crippen LogP contribution in [0.3, 0.4) is 0 Å². The summed E-state index contributed by atoms with van der Waals surface area (Å²) in [6.07, 6.45) is 0.265. The first kappa shape index (κ1) is 59.7. The monoisotopic (exact) mass is 1040 g/mol. The number of aromatic nitrogens is 1. The van der Waals surface area contributed by atoms with E-state index in [1.54, 1.807) is 63.4 Å². The second-order valence-electron chi connectivity index (χ2n) is 21.9. The number of ether oxygens (including phenoxy) is 2. The number of para-hydroxylation sites is 1. The molecule has 75 heavy (non-hydrogen) atoms. The predicted octanol–water partition coefficient (Wildman–Crippen LogP) is 3.63. The fraction of sp³-hybridized carbons (Fsp3) is 0.589. The van der Waals surface area contributed by atoms with E-state index >= 15 is 0 Å². The molecule has 19 nitrogen and oxygen atoms in total. The highest BCUT2D eigenvalue weighted by atomic mass is 16.6. The number of methoxy groups -OCH3 is 1. The zero-order valence-corrected chi connectivity index (χ0v) is 45.8. The number of allylic oxidation sites excluding steroid dienone is 1. The Bertz CT molecular complexity index is 2490. The standard InChI is InChI=1S/C56H82N8O11/c1-14-33(6)25-40-51(69)58-39(48(67)38-28-64(56(9,10)44-30-75-44)41-23-19-18-22-37(38)41)27-45(66)62(11)43(26-34(7)29-65)52(70)57-35(8)50(68)61-47(49(74-13)36-20-16-15-17-21-36)54(72)60-46(32(4)5)55(73)63(12)42(24-31(2)3)53(71)59-40/h14-23,28,31-35,39-40,42-44,46-49,65,67H,1,24-27,29-30H2,2-13H3,(H,57,70)(H,58,69)(H,59,71)(H,60,72)(H,61,68)/t33-,34+,35-,39-,40-,42-,43-,44-,46-,47-,48+,49+/m0/s1. The summed E-state index contributed by atoms with van der Waals surface area (Å²) >= 11 is 0. The Balaban J connectivity index is 1.67. The molecule has 5 rings (SSSR count). The van der Waals surface area contributed by atoms with Crippen LogP contribution in [0.15, 0.2) is 73.4 Å². The predicted molar refractivity (Wildman–Crippen MR) is 284 cm³/mol. The Labute approximate surface area is 441 Å². The topological polar surface area (TPSA) is 253 Å². The number of benzene rings is 2. The fourth-order valence-corrected chi connectivity index (χ4v) is 9.70. The number of aliphatic hydroxyl groups is 2. The summed E-state index contributed by atoms with van der Waals surface area (Å²) in [7, 11) is 4.22. The van der Waals surface area contributed by atoms with Gasteiger partial charge in [-0.2, -0.15) is 0 Å². The third kappa shape index (κ3) is 14.6. The molecule has 7 amide bonds. The first-order chi connectivity index (χ1) is 35.4. The highest BCUT2D eigenvalue weighted by molar-refractivity contribution is 5.98. The highest BCUT2D eigenvalue weighted by Gasteiger charge is 2.44. The van der Waals surface area contributed by atoms with Crippen molar-refractivity contribution in [3.8, 4) is 0 Å². The smallest absolute Gasteiger partial charge is 0.246 e. The van der Waals surface area contributed by atoms with Crippen molar-refractivity contribution in [1.82, 2.24) is 41.0 Å². The van der Waals surface area contributed by atoms with E-state index in [2.05, 4.69) is 33.2 Å². The molecule has 19 heteroatoms. The maximum absolute atomic E-state index is 15.0. The van der Waals surface area contributed by atoms with Crippen LogP contribution in [0.1, 0.15) is 111 Å². The van der Waals surface area contributed by atoms with Crippen molar-refractivity contribution in [3.63, 3.8) is 0 Å². The number of aliphatic hydroxyl groups excluding tert-OH is 2. The summed E-state index contributed by atoms with van der Waals surface area (Å²) in [6, 6.07) is 7.00. The SMILES string of the molecule is C=C[C@H](C)C[C@@H]1NC(=O)[C@H](CC(C)C)N(C)C(=O)[C@H](C(C)C)NC(=O)[C@H]([C@H](OC)c2ccccc2)NC(=O)[C@H](C)NC(=O)[C@H](C[C@@H](C)CO)N(C)C(=O)C[C@@H]([C@H](O)c2cn(C(C)(C)[C@@H]3CO3)c3ccccc23)NC1=O. The van der Waals surface area contributed by atoms with Gasteiger partial charge in [0.2, 0.25) is 41.4 Å². The largest absolute Gasteiger partial charge is 0.396 e. The van der Waals surface area contributed by atoms with Crippen LogP contribution in [0, 0.1) is 23.7 Å². The van der Waals surface area contributed by atoms with Crippen molar-refractivity contribution in [1.29, 1.82) is 0 Å². The van der Waals surface area contributed by atoms with E-state index < -0.39 is 120 Å². The zero-order valence-electron chi connectivity index (χ0n) is 45.8. The van der Waals surface area contributed by atoms with Crippen LogP contribution in [0.4, 0.5) is 0 Å². The normalized spacial score (nSPS) is 26.1. The summed E-state index contributed by atoms with van der Waals surface area (Å²) in [4.78, 5) is 105. The first-order valence-electron chi connectivity index (χ1n) is 26.1. The number of carbonyl (C=O) groups excluding carboxylic acids is 7. The van der Waals surface area contributed by atoms with Crippen molar-refractivity contribution >= 4 is 52.3 Å². The van der Waals surface area contributed by atoms with Gasteiger partial charge in [0.05, 0.1) is 18.2 Å². The van der Waals surface area contributed by atoms with Crippen molar-refractivity contribution in [2.24, 2.45) is 23.7 Å². The number of hydrogen-bond acceptors (Lipinski definition) is 11. The number of carbonyl (C=O) groups is 7. The van der Waals surface area contributed by atoms with Gasteiger partial charge in [-0.3, -0.25) is 33.6 Å². The molecule has 0 saturated carbocycles. The molecular formula is C56H82N8O11. The van der Waals surface area contributed by atoms with Crippen LogP contribution >= 0.6 is 0 Å². The third-order valence-corrected chi connectivity index (χ3v) is 14.7. The van der Waals surface area contributed by atoms with Crippen molar-refractivity contribution in [2.45, 2.75) is 154 Å². The Morgan fingerprint density at radius 2 is 1.37 bits per heavy atom. The molecule has 1 aromatic heterocycles. The molecule has 0 bridgehead atoms. The molecule has 2 aliphatic heterocycles. The number of epoxide rings is 1. The van der Waals surface area contributed by atoms with Gasteiger partial charge in [-0.05, 0) is 75.3 Å². The van der Waals surface area contributed by atoms with Crippen LogP contribution in [-0.2, 0) is 48.6 Å². The molecule has 0 radical (unpaired) electrons. The molecule has 12 atom stereocenters. The molecule has 3 aromatic rings. The van der Waals surface area contributed by atoms with Gasteiger partial charge in [-0.25, -0.2) is 0 Å². The number of nitrogens with zero attached hydrogens (tertiary/aromatic N) is 3. The van der Waals surface area contributed by atoms with Crippen LogP contribution in [0.5, 0.6) is 0 Å². The van der Waals surface area contributed by atoms with Crippen LogP contribution in [0.25, 0.3) is 10.9 Å². The van der Waals surface area contributed by atoms with E-state index in [-0.39, 0.29) is 43.8 Å². The number of rotatable bonds is 16. The Morgan fingerprint density at radius 3 is 1.96 bits per heavy atom. The second-order valence-corrected chi connectivity index (χ2v) is 21.9. The summed E-state index contributed by atoms with van der Waals surface area (Å²) in [5.41, 5.74) is 1.13. The van der Waals surface area contributed by atoms with Crippen molar-refractivity contribution in [3.05, 3.63) is 84.6 Å². The number of likely N-dealkylation sites (N-methyl/N-ethyl adjacent to an activating group) is 2. The molecule has 0 aliphatic carbocycles. The van der Waals surface area contributed by atoms with E-state index in [9.17, 15) is 43.8 Å². The maximum Gasteiger partial charge on any atom is 0.246 e. The van der Waals surface area contributed by atoms with E-state index in [0.717, 1.165) is 5.52 Å². The minimum Gasteiger partial charge on any atom is -0.396 e. The van der Waals surface area contributed by atoms with E-state index in [4.69, 9.17) is 9.47 Å². The number of amides is 7. The molecule has 7 N–H and O–H groups in total. The molecular weight excluding hydrogens is 961 g/mol. The third-order valence-electron chi connectivity index (χ3n) is 14.7. The highest BCUT2D eigenvalue weighted by Crippen LogP contribution is 2.38. The average molecular weight is 1040 g/mol. The van der Waals surface area contributed by atoms with Crippen molar-refractivity contribution in [2.75, 3.05) is 34.4 Å². The lowest BCUT2D eigenvalue weighted by Crippen LogP contribution is -2.62. The fourth-order valence-electron chi connectivity index (χ4n) is 9.70. The van der Waals surface area contributed by atoms with E-state index in [1.165, 1.54) is 37.9 Å². The van der Waals surface area contributed by atoms with Crippen LogP contribution in [-0.4, -0.2) is 149 Å². The van der Waals surface area contributed by atoms with Gasteiger partial charge in [0, 0.05) is 56.9 Å². The number of fused-ring (bicyclic) bond motifs is 1. The number of nitrogens with one attached hydrogen (secondary N) is 5. The minimum atomic E-state index is -1.54. The van der Waals surface area contributed by atoms with E-state index in [0.29, 0.717) is 23.1 Å². The van der Waals surface area contributed by atoms with Gasteiger partial charge < -0.3 is 60.6 Å². The maximum atomic E-state index is 15.0. The number of hydrogen-bond donors (Lipinski definition) is 7. The van der Waals surface area contributed by atoms with Gasteiger partial charge in [0.25, 0.3) is 0 Å². The summed E-state index contributed by atoms with van der Waals surface area (Å²) in [5, 5.41) is 37.6. The molecule has 412 valence electrons. The molecule has 2 aliphatic rings. The van der Waals surface area contributed by atoms with Gasteiger partial charge in [0.15, 0.2) is 0 Å². The Kier molecular flexibility index (Phi) is 20.8. The lowest BCUT2D eigenvalue weighted by atomic mass is 9.95. The molecule has 2 saturated heterocycles. The zero-order chi connectivity index (χ0) is 55.6. The van der Waals surface area contributed by atoms with E-state index in [1.807, 2.05) is 63.5 Å².